The molecule has 4 nitrogen and oxygen atoms in total. The Kier molecular flexibility index (Phi) is 5.16. The van der Waals surface area contributed by atoms with Crippen molar-refractivity contribution in [2.45, 2.75) is 19.5 Å². The third-order valence-electron chi connectivity index (χ3n) is 4.31. The van der Waals surface area contributed by atoms with Crippen LogP contribution in [0.4, 0.5) is 0 Å². The second-order valence-electron chi connectivity index (χ2n) is 6.54. The zero-order valence-electron chi connectivity index (χ0n) is 14.3. The van der Waals surface area contributed by atoms with Gasteiger partial charge in [-0.25, -0.2) is 0 Å². The van der Waals surface area contributed by atoms with E-state index in [1.807, 2.05) is 50.5 Å². The van der Waals surface area contributed by atoms with Gasteiger partial charge in [-0.3, -0.25) is 4.79 Å². The van der Waals surface area contributed by atoms with E-state index in [1.54, 1.807) is 0 Å². The first kappa shape index (κ1) is 16.5. The molecule has 0 spiro atoms. The minimum atomic E-state index is -0.124. The molecular formula is C20H24N2O2. The predicted molar refractivity (Wildman–Crippen MR) is 94.8 cm³/mol. The van der Waals surface area contributed by atoms with E-state index in [4.69, 9.17) is 4.74 Å². The molecule has 24 heavy (non-hydrogen) atoms. The second-order valence-corrected chi connectivity index (χ2v) is 6.54. The molecule has 1 N–H and O–H groups in total. The highest BCUT2D eigenvalue weighted by Gasteiger charge is 2.25. The highest BCUT2D eigenvalue weighted by Crippen LogP contribution is 2.26. The van der Waals surface area contributed by atoms with Crippen molar-refractivity contribution < 1.29 is 9.53 Å². The summed E-state index contributed by atoms with van der Waals surface area (Å²) in [6, 6.07) is 16.2. The van der Waals surface area contributed by atoms with Crippen molar-refractivity contribution in [3.05, 3.63) is 65.2 Å². The van der Waals surface area contributed by atoms with Gasteiger partial charge in [0.25, 0.3) is 0 Å². The number of hydrogen-bond acceptors (Lipinski definition) is 3. The van der Waals surface area contributed by atoms with Crippen molar-refractivity contribution in [1.82, 2.24) is 10.2 Å². The number of para-hydroxylation sites is 1. The first-order valence-electron chi connectivity index (χ1n) is 8.33. The zero-order valence-corrected chi connectivity index (χ0v) is 14.3. The van der Waals surface area contributed by atoms with Gasteiger partial charge in [0, 0.05) is 13.1 Å². The molecule has 1 aliphatic heterocycles. The molecule has 3 rings (SSSR count). The fourth-order valence-corrected chi connectivity index (χ4v) is 3.05. The second kappa shape index (κ2) is 7.49. The van der Waals surface area contributed by atoms with Crippen molar-refractivity contribution in [3.8, 4) is 5.75 Å². The molecule has 0 saturated carbocycles. The van der Waals surface area contributed by atoms with E-state index in [9.17, 15) is 4.79 Å². The first-order chi connectivity index (χ1) is 11.6. The number of carbonyl (C=O) groups excluding carboxylic acids is 1. The van der Waals surface area contributed by atoms with Gasteiger partial charge in [0.15, 0.2) is 0 Å². The Balaban J connectivity index is 1.61. The average Bonchev–Trinajstić information content (AvgIpc) is 2.60. The van der Waals surface area contributed by atoms with Crippen LogP contribution in [-0.2, 0) is 24.3 Å². The Labute approximate surface area is 143 Å². The maximum atomic E-state index is 12.5. The van der Waals surface area contributed by atoms with Crippen molar-refractivity contribution in [2.75, 3.05) is 20.7 Å². The van der Waals surface area contributed by atoms with Gasteiger partial charge in [-0.1, -0.05) is 42.5 Å². The Hall–Kier alpha value is -2.33. The molecule has 0 fully saturated rings. The summed E-state index contributed by atoms with van der Waals surface area (Å²) in [6.45, 7) is 1.87. The number of amides is 1. The molecule has 0 saturated heterocycles. The highest BCUT2D eigenvalue weighted by molar-refractivity contribution is 5.79. The van der Waals surface area contributed by atoms with Crippen LogP contribution in [0.5, 0.6) is 5.75 Å². The van der Waals surface area contributed by atoms with Gasteiger partial charge in [0.05, 0.1) is 5.92 Å². The Bertz CT molecular complexity index is 712. The third-order valence-corrected chi connectivity index (χ3v) is 4.31. The van der Waals surface area contributed by atoms with Crippen molar-refractivity contribution in [3.63, 3.8) is 0 Å². The fraction of sp³-hybridized carbons (Fsp3) is 0.350. The number of benzene rings is 2. The van der Waals surface area contributed by atoms with Crippen LogP contribution in [0.2, 0.25) is 0 Å². The lowest BCUT2D eigenvalue weighted by Gasteiger charge is -2.24. The molecule has 1 amide bonds. The van der Waals surface area contributed by atoms with Gasteiger partial charge in [-0.15, -0.1) is 0 Å². The molecule has 0 aromatic heterocycles. The summed E-state index contributed by atoms with van der Waals surface area (Å²) in [7, 11) is 4.10. The first-order valence-corrected chi connectivity index (χ1v) is 8.33. The third kappa shape index (κ3) is 3.95. The van der Waals surface area contributed by atoms with E-state index < -0.39 is 0 Å². The minimum absolute atomic E-state index is 0.0594. The van der Waals surface area contributed by atoms with Crippen molar-refractivity contribution >= 4 is 5.91 Å². The Morgan fingerprint density at radius 3 is 2.62 bits per heavy atom. The summed E-state index contributed by atoms with van der Waals surface area (Å²) >= 11 is 0. The van der Waals surface area contributed by atoms with Gasteiger partial charge in [0.1, 0.15) is 12.4 Å². The van der Waals surface area contributed by atoms with Crippen LogP contribution in [0, 0.1) is 5.92 Å². The van der Waals surface area contributed by atoms with Crippen LogP contribution in [-0.4, -0.2) is 31.5 Å². The topological polar surface area (TPSA) is 41.6 Å². The monoisotopic (exact) mass is 324 g/mol. The summed E-state index contributed by atoms with van der Waals surface area (Å²) in [5.74, 6) is 0.836. The smallest absolute Gasteiger partial charge is 0.227 e. The molecule has 1 heterocycles. The van der Waals surface area contributed by atoms with Gasteiger partial charge < -0.3 is 15.0 Å². The molecule has 2 aromatic rings. The van der Waals surface area contributed by atoms with E-state index in [-0.39, 0.29) is 11.8 Å². The molecule has 0 radical (unpaired) electrons. The van der Waals surface area contributed by atoms with E-state index in [1.165, 1.54) is 5.56 Å². The summed E-state index contributed by atoms with van der Waals surface area (Å²) in [6.07, 6.45) is 0.737. The Morgan fingerprint density at radius 1 is 1.12 bits per heavy atom. The lowest BCUT2D eigenvalue weighted by Crippen LogP contribution is -2.37. The Morgan fingerprint density at radius 2 is 1.83 bits per heavy atom. The average molecular weight is 324 g/mol. The summed E-state index contributed by atoms with van der Waals surface area (Å²) in [5, 5.41) is 3.08. The SMILES string of the molecule is CN(C)Cc1ccccc1CNC(=O)[C@H]1COc2ccccc2C1. The van der Waals surface area contributed by atoms with Crippen LogP contribution >= 0.6 is 0 Å². The van der Waals surface area contributed by atoms with Crippen LogP contribution in [0.15, 0.2) is 48.5 Å². The van der Waals surface area contributed by atoms with Gasteiger partial charge >= 0.3 is 0 Å². The lowest BCUT2D eigenvalue weighted by atomic mass is 9.96. The number of rotatable bonds is 5. The molecule has 2 aromatic carbocycles. The quantitative estimate of drug-likeness (QED) is 0.919. The lowest BCUT2D eigenvalue weighted by molar-refractivity contribution is -0.126. The number of nitrogens with zero attached hydrogens (tertiary/aromatic N) is 1. The van der Waals surface area contributed by atoms with Crippen molar-refractivity contribution in [1.29, 1.82) is 0 Å². The van der Waals surface area contributed by atoms with Crippen LogP contribution < -0.4 is 10.1 Å². The molecule has 0 unspecified atom stereocenters. The highest BCUT2D eigenvalue weighted by atomic mass is 16.5. The molecule has 0 bridgehead atoms. The molecule has 4 heteroatoms. The van der Waals surface area contributed by atoms with Crippen molar-refractivity contribution in [2.24, 2.45) is 5.92 Å². The molecular weight excluding hydrogens is 300 g/mol. The number of nitrogens with one attached hydrogen (secondary N) is 1. The van der Waals surface area contributed by atoms with Gasteiger partial charge in [0.2, 0.25) is 5.91 Å². The standard InChI is InChI=1S/C20H24N2O2/c1-22(2)13-17-9-4-3-8-16(17)12-21-20(23)18-11-15-7-5-6-10-19(15)24-14-18/h3-10,18H,11-14H2,1-2H3,(H,21,23)/t18-/m1/s1. The van der Waals surface area contributed by atoms with E-state index in [2.05, 4.69) is 22.3 Å². The predicted octanol–water partition coefficient (Wildman–Crippen LogP) is 2.62. The van der Waals surface area contributed by atoms with Gasteiger partial charge in [-0.05, 0) is 43.3 Å². The largest absolute Gasteiger partial charge is 0.492 e. The van der Waals surface area contributed by atoms with E-state index in [0.29, 0.717) is 13.2 Å². The maximum Gasteiger partial charge on any atom is 0.227 e. The molecule has 0 aliphatic carbocycles. The van der Waals surface area contributed by atoms with Crippen LogP contribution in [0.3, 0.4) is 0 Å². The zero-order chi connectivity index (χ0) is 16.9. The molecule has 1 aliphatic rings. The fourth-order valence-electron chi connectivity index (χ4n) is 3.05. The summed E-state index contributed by atoms with van der Waals surface area (Å²) in [4.78, 5) is 14.6. The van der Waals surface area contributed by atoms with E-state index in [0.717, 1.165) is 29.8 Å². The number of ether oxygens (including phenoxy) is 1. The number of carbonyl (C=O) groups is 1. The number of fused-ring (bicyclic) bond motifs is 1. The summed E-state index contributed by atoms with van der Waals surface area (Å²) < 4.78 is 5.72. The molecule has 126 valence electrons. The summed E-state index contributed by atoms with van der Waals surface area (Å²) in [5.41, 5.74) is 3.52. The van der Waals surface area contributed by atoms with Crippen LogP contribution in [0.25, 0.3) is 0 Å². The van der Waals surface area contributed by atoms with Gasteiger partial charge in [-0.2, -0.15) is 0 Å². The van der Waals surface area contributed by atoms with E-state index >= 15 is 0 Å². The van der Waals surface area contributed by atoms with Crippen LogP contribution in [0.1, 0.15) is 16.7 Å². The minimum Gasteiger partial charge on any atom is -0.492 e. The number of hydrogen-bond donors (Lipinski definition) is 1. The molecule has 1 atom stereocenters. The maximum absolute atomic E-state index is 12.5. The normalized spacial score (nSPS) is 16.4.